The minimum atomic E-state index is -0.763. The summed E-state index contributed by atoms with van der Waals surface area (Å²) in [7, 11) is 0. The first-order valence-corrected chi connectivity index (χ1v) is 11.0. The minimum absolute atomic E-state index is 0.0495. The van der Waals surface area contributed by atoms with Gasteiger partial charge in [0.05, 0.1) is 11.6 Å². The highest BCUT2D eigenvalue weighted by Crippen LogP contribution is 2.41. The van der Waals surface area contributed by atoms with Gasteiger partial charge in [0.15, 0.2) is 0 Å². The molecule has 0 unspecified atom stereocenters. The van der Waals surface area contributed by atoms with E-state index in [4.69, 9.17) is 11.6 Å². The predicted molar refractivity (Wildman–Crippen MR) is 125 cm³/mol. The van der Waals surface area contributed by atoms with Crippen LogP contribution in [0.5, 0.6) is 0 Å². The molecule has 3 aromatic rings. The van der Waals surface area contributed by atoms with Crippen molar-refractivity contribution in [1.29, 1.82) is 0 Å². The van der Waals surface area contributed by atoms with Gasteiger partial charge in [-0.3, -0.25) is 9.59 Å². The zero-order valence-corrected chi connectivity index (χ0v) is 18.8. The molecule has 31 heavy (non-hydrogen) atoms. The minimum Gasteiger partial charge on any atom is -0.507 e. The quantitative estimate of drug-likeness (QED) is 0.277. The number of likely N-dealkylation sites (tertiary alicyclic amines) is 1. The molecule has 1 fully saturated rings. The normalized spacial score (nSPS) is 17.9. The molecule has 0 aromatic heterocycles. The lowest BCUT2D eigenvalue weighted by atomic mass is 9.95. The van der Waals surface area contributed by atoms with E-state index in [9.17, 15) is 14.7 Å². The maximum Gasteiger partial charge on any atom is 0.295 e. The summed E-state index contributed by atoms with van der Waals surface area (Å²) in [6, 6.07) is 23.0. The highest BCUT2D eigenvalue weighted by molar-refractivity contribution is 9.10. The summed E-state index contributed by atoms with van der Waals surface area (Å²) < 4.78 is 0.843. The third kappa shape index (κ3) is 4.29. The van der Waals surface area contributed by atoms with E-state index in [1.165, 1.54) is 4.90 Å². The lowest BCUT2D eigenvalue weighted by Crippen LogP contribution is -2.31. The molecule has 0 radical (unpaired) electrons. The molecule has 1 aliphatic rings. The highest BCUT2D eigenvalue weighted by Gasteiger charge is 2.46. The Hall–Kier alpha value is -2.89. The van der Waals surface area contributed by atoms with Gasteiger partial charge in [0.2, 0.25) is 0 Å². The summed E-state index contributed by atoms with van der Waals surface area (Å²) in [6.07, 6.45) is 0.577. The average Bonchev–Trinajstić information content (AvgIpc) is 3.03. The summed E-state index contributed by atoms with van der Waals surface area (Å²) >= 11 is 9.82. The number of hydrogen-bond donors (Lipinski definition) is 1. The molecule has 0 bridgehead atoms. The van der Waals surface area contributed by atoms with Gasteiger partial charge in [-0.15, -0.1) is 0 Å². The van der Waals surface area contributed by atoms with Crippen molar-refractivity contribution < 1.29 is 14.7 Å². The Balaban J connectivity index is 1.80. The Morgan fingerprint density at radius 1 is 0.935 bits per heavy atom. The molecular formula is C25H19BrClNO3. The van der Waals surface area contributed by atoms with Gasteiger partial charge in [0.25, 0.3) is 11.7 Å². The summed E-state index contributed by atoms with van der Waals surface area (Å²) in [5, 5.41) is 11.5. The average molecular weight is 497 g/mol. The number of carbonyl (C=O) groups excluding carboxylic acids is 2. The van der Waals surface area contributed by atoms with Crippen LogP contribution in [0.3, 0.4) is 0 Å². The number of aliphatic hydroxyl groups is 1. The molecular weight excluding hydrogens is 478 g/mol. The third-order valence-electron chi connectivity index (χ3n) is 5.34. The second kappa shape index (κ2) is 9.08. The summed E-state index contributed by atoms with van der Waals surface area (Å²) in [4.78, 5) is 27.5. The molecule has 4 nitrogen and oxygen atoms in total. The number of carbonyl (C=O) groups is 2. The van der Waals surface area contributed by atoms with Gasteiger partial charge in [0.1, 0.15) is 5.76 Å². The van der Waals surface area contributed by atoms with Gasteiger partial charge in [-0.25, -0.2) is 0 Å². The zero-order chi connectivity index (χ0) is 22.0. The van der Waals surface area contributed by atoms with Crippen LogP contribution < -0.4 is 0 Å². The molecule has 1 saturated heterocycles. The van der Waals surface area contributed by atoms with Crippen molar-refractivity contribution in [2.24, 2.45) is 0 Å². The van der Waals surface area contributed by atoms with Crippen LogP contribution in [0.1, 0.15) is 22.7 Å². The Kier molecular flexibility index (Phi) is 6.25. The number of Topliss-reactive ketones (excluding diaryl/α,β-unsaturated/α-hetero) is 1. The van der Waals surface area contributed by atoms with E-state index in [0.29, 0.717) is 29.1 Å². The summed E-state index contributed by atoms with van der Waals surface area (Å²) in [5.74, 6) is -1.56. The number of rotatable bonds is 5. The van der Waals surface area contributed by atoms with Crippen molar-refractivity contribution >= 4 is 45.0 Å². The predicted octanol–water partition coefficient (Wildman–Crippen LogP) is 5.77. The van der Waals surface area contributed by atoms with Gasteiger partial charge in [-0.05, 0) is 35.7 Å². The molecule has 156 valence electrons. The third-order valence-corrected chi connectivity index (χ3v) is 6.21. The van der Waals surface area contributed by atoms with Crippen LogP contribution in [0.4, 0.5) is 0 Å². The van der Waals surface area contributed by atoms with Crippen molar-refractivity contribution in [2.75, 3.05) is 6.54 Å². The molecule has 0 saturated carbocycles. The first-order valence-electron chi connectivity index (χ1n) is 9.80. The number of nitrogens with zero attached hydrogens (tertiary/aromatic N) is 1. The first kappa shape index (κ1) is 21.3. The van der Waals surface area contributed by atoms with Crippen LogP contribution in [-0.2, 0) is 16.0 Å². The van der Waals surface area contributed by atoms with E-state index in [1.54, 1.807) is 48.5 Å². The largest absolute Gasteiger partial charge is 0.507 e. The molecule has 1 heterocycles. The van der Waals surface area contributed by atoms with E-state index >= 15 is 0 Å². The fourth-order valence-electron chi connectivity index (χ4n) is 3.79. The molecule has 1 aliphatic heterocycles. The van der Waals surface area contributed by atoms with Crippen molar-refractivity contribution in [2.45, 2.75) is 12.5 Å². The fourth-order valence-corrected chi connectivity index (χ4v) is 4.29. The van der Waals surface area contributed by atoms with E-state index in [0.717, 1.165) is 10.0 Å². The second-order valence-electron chi connectivity index (χ2n) is 7.26. The topological polar surface area (TPSA) is 57.6 Å². The van der Waals surface area contributed by atoms with Crippen molar-refractivity contribution in [3.63, 3.8) is 0 Å². The maximum atomic E-state index is 13.0. The summed E-state index contributed by atoms with van der Waals surface area (Å²) in [6.45, 7) is 0.321. The highest BCUT2D eigenvalue weighted by atomic mass is 79.9. The number of aliphatic hydroxyl groups excluding tert-OH is 1. The standard InChI is InChI=1S/C25H19BrClNO3/c26-18-12-10-17(11-13-18)23(29)21-22(19-8-4-5-9-20(19)27)28(25(31)24(21)30)15-14-16-6-2-1-3-7-16/h1-13,22,29H,14-15H2/t22-/m1/s1. The van der Waals surface area contributed by atoms with Gasteiger partial charge in [0, 0.05) is 21.6 Å². The molecule has 6 heteroatoms. The van der Waals surface area contributed by atoms with Gasteiger partial charge < -0.3 is 10.0 Å². The number of benzene rings is 3. The maximum absolute atomic E-state index is 13.0. The molecule has 1 amide bonds. The Morgan fingerprint density at radius 2 is 1.58 bits per heavy atom. The van der Waals surface area contributed by atoms with E-state index in [1.807, 2.05) is 30.3 Å². The van der Waals surface area contributed by atoms with Crippen LogP contribution in [0, 0.1) is 0 Å². The smallest absolute Gasteiger partial charge is 0.295 e. The lowest BCUT2D eigenvalue weighted by molar-refractivity contribution is -0.139. The second-order valence-corrected chi connectivity index (χ2v) is 8.58. The first-order chi connectivity index (χ1) is 15.0. The van der Waals surface area contributed by atoms with Crippen LogP contribution in [-0.4, -0.2) is 28.2 Å². The van der Waals surface area contributed by atoms with Crippen molar-refractivity contribution in [3.05, 3.63) is 111 Å². The fraction of sp³-hybridized carbons (Fsp3) is 0.120. The van der Waals surface area contributed by atoms with E-state index in [2.05, 4.69) is 15.9 Å². The van der Waals surface area contributed by atoms with Gasteiger partial charge in [-0.1, -0.05) is 88.2 Å². The number of ketones is 1. The molecule has 0 spiro atoms. The van der Waals surface area contributed by atoms with Crippen LogP contribution in [0.2, 0.25) is 5.02 Å². The summed E-state index contributed by atoms with van der Waals surface area (Å²) in [5.41, 5.74) is 2.17. The van der Waals surface area contributed by atoms with Crippen LogP contribution >= 0.6 is 27.5 Å². The zero-order valence-electron chi connectivity index (χ0n) is 16.5. The number of amides is 1. The van der Waals surface area contributed by atoms with E-state index < -0.39 is 17.7 Å². The molecule has 0 aliphatic carbocycles. The number of hydrogen-bond acceptors (Lipinski definition) is 3. The van der Waals surface area contributed by atoms with Gasteiger partial charge >= 0.3 is 0 Å². The Labute approximate surface area is 193 Å². The molecule has 4 rings (SSSR count). The van der Waals surface area contributed by atoms with Crippen LogP contribution in [0.15, 0.2) is 88.9 Å². The Morgan fingerprint density at radius 3 is 2.26 bits per heavy atom. The SMILES string of the molecule is O=C1C(=O)N(CCc2ccccc2)[C@H](c2ccccc2Cl)C1=C(O)c1ccc(Br)cc1. The monoisotopic (exact) mass is 495 g/mol. The molecule has 1 atom stereocenters. The molecule has 3 aromatic carbocycles. The Bertz CT molecular complexity index is 1160. The van der Waals surface area contributed by atoms with Crippen molar-refractivity contribution in [3.8, 4) is 0 Å². The molecule has 1 N–H and O–H groups in total. The van der Waals surface area contributed by atoms with Gasteiger partial charge in [-0.2, -0.15) is 0 Å². The van der Waals surface area contributed by atoms with Crippen molar-refractivity contribution in [1.82, 2.24) is 4.90 Å². The number of halogens is 2. The lowest BCUT2D eigenvalue weighted by Gasteiger charge is -2.26. The van der Waals surface area contributed by atoms with Crippen LogP contribution in [0.25, 0.3) is 5.76 Å². The van der Waals surface area contributed by atoms with E-state index in [-0.39, 0.29) is 11.3 Å².